The van der Waals surface area contributed by atoms with E-state index in [-0.39, 0.29) is 22.7 Å². The first kappa shape index (κ1) is 17.8. The first-order valence-corrected chi connectivity index (χ1v) is 8.71. The van der Waals surface area contributed by atoms with Crippen molar-refractivity contribution in [1.29, 1.82) is 0 Å². The number of nitrogens with one attached hydrogen (secondary N) is 1. The Bertz CT molecular complexity index is 1110. The molecule has 0 unspecified atom stereocenters. The van der Waals surface area contributed by atoms with Crippen molar-refractivity contribution in [2.45, 2.75) is 0 Å². The van der Waals surface area contributed by atoms with Gasteiger partial charge in [0.05, 0.1) is 22.5 Å². The van der Waals surface area contributed by atoms with Crippen LogP contribution in [0.25, 0.3) is 0 Å². The predicted molar refractivity (Wildman–Crippen MR) is 105 cm³/mol. The second kappa shape index (κ2) is 6.83. The van der Waals surface area contributed by atoms with E-state index in [1.807, 2.05) is 0 Å². The second-order valence-corrected chi connectivity index (χ2v) is 6.59. The van der Waals surface area contributed by atoms with Crippen LogP contribution in [0.1, 0.15) is 31.1 Å². The Morgan fingerprint density at radius 2 is 1.57 bits per heavy atom. The molecule has 6 nitrogen and oxygen atoms in total. The van der Waals surface area contributed by atoms with E-state index in [0.29, 0.717) is 16.1 Å². The Morgan fingerprint density at radius 3 is 2.25 bits per heavy atom. The van der Waals surface area contributed by atoms with Crippen LogP contribution in [-0.2, 0) is 0 Å². The van der Waals surface area contributed by atoms with Crippen LogP contribution in [0.3, 0.4) is 0 Å². The number of fused-ring (bicyclic) bond motifs is 1. The molecule has 4 rings (SSSR count). The quantitative estimate of drug-likeness (QED) is 0.519. The first-order valence-electron chi connectivity index (χ1n) is 8.33. The van der Waals surface area contributed by atoms with Gasteiger partial charge in [0.2, 0.25) is 0 Å². The number of halogens is 1. The highest BCUT2D eigenvalue weighted by molar-refractivity contribution is 6.34. The summed E-state index contributed by atoms with van der Waals surface area (Å²) in [6, 6.07) is 17.0. The van der Waals surface area contributed by atoms with E-state index >= 15 is 0 Å². The molecule has 0 saturated carbocycles. The highest BCUT2D eigenvalue weighted by Gasteiger charge is 2.36. The third-order valence-corrected chi connectivity index (χ3v) is 4.60. The lowest BCUT2D eigenvalue weighted by Gasteiger charge is -2.15. The van der Waals surface area contributed by atoms with Gasteiger partial charge >= 0.3 is 0 Å². The van der Waals surface area contributed by atoms with Crippen molar-refractivity contribution in [2.75, 3.05) is 10.2 Å². The van der Waals surface area contributed by atoms with Crippen LogP contribution in [0.5, 0.6) is 5.75 Å². The number of imide groups is 1. The largest absolute Gasteiger partial charge is 0.506 e. The fraction of sp³-hybridized carbons (Fsp3) is 0. The molecule has 0 saturated heterocycles. The van der Waals surface area contributed by atoms with E-state index in [1.54, 1.807) is 42.5 Å². The molecule has 1 aliphatic heterocycles. The highest BCUT2D eigenvalue weighted by atomic mass is 35.5. The number of carbonyl (C=O) groups is 3. The van der Waals surface area contributed by atoms with Gasteiger partial charge in [-0.25, -0.2) is 4.90 Å². The van der Waals surface area contributed by atoms with Gasteiger partial charge in [0, 0.05) is 10.6 Å². The number of phenolic OH excluding ortho intramolecular Hbond substituents is 1. The lowest BCUT2D eigenvalue weighted by Crippen LogP contribution is -2.29. The number of rotatable bonds is 3. The summed E-state index contributed by atoms with van der Waals surface area (Å²) < 4.78 is 0. The highest BCUT2D eigenvalue weighted by Crippen LogP contribution is 2.30. The fourth-order valence-corrected chi connectivity index (χ4v) is 3.18. The molecule has 0 aromatic heterocycles. The van der Waals surface area contributed by atoms with E-state index in [2.05, 4.69) is 5.32 Å². The van der Waals surface area contributed by atoms with Gasteiger partial charge in [-0.3, -0.25) is 14.4 Å². The third-order valence-electron chi connectivity index (χ3n) is 4.37. The average molecular weight is 393 g/mol. The Morgan fingerprint density at radius 1 is 0.893 bits per heavy atom. The number of carbonyl (C=O) groups excluding carboxylic acids is 3. The van der Waals surface area contributed by atoms with Crippen molar-refractivity contribution in [1.82, 2.24) is 0 Å². The van der Waals surface area contributed by atoms with Gasteiger partial charge < -0.3 is 10.4 Å². The Hall–Kier alpha value is -3.64. The number of aromatic hydroxyl groups is 1. The van der Waals surface area contributed by atoms with Crippen molar-refractivity contribution in [3.05, 3.63) is 88.4 Å². The molecule has 0 radical (unpaired) electrons. The van der Waals surface area contributed by atoms with Gasteiger partial charge in [-0.15, -0.1) is 0 Å². The smallest absolute Gasteiger partial charge is 0.266 e. The molecule has 0 atom stereocenters. The van der Waals surface area contributed by atoms with Gasteiger partial charge in [0.1, 0.15) is 5.75 Å². The van der Waals surface area contributed by atoms with Gasteiger partial charge in [-0.05, 0) is 48.5 Å². The van der Waals surface area contributed by atoms with E-state index in [4.69, 9.17) is 11.6 Å². The normalized spacial score (nSPS) is 12.8. The van der Waals surface area contributed by atoms with Crippen LogP contribution in [0.4, 0.5) is 11.4 Å². The molecule has 3 aromatic rings. The minimum Gasteiger partial charge on any atom is -0.506 e. The van der Waals surface area contributed by atoms with Crippen LogP contribution in [0.2, 0.25) is 5.02 Å². The number of hydrogen-bond donors (Lipinski definition) is 2. The second-order valence-electron chi connectivity index (χ2n) is 6.16. The predicted octanol–water partition coefficient (Wildman–Crippen LogP) is 4.10. The molecule has 0 fully saturated rings. The van der Waals surface area contributed by atoms with Crippen molar-refractivity contribution < 1.29 is 19.5 Å². The van der Waals surface area contributed by atoms with E-state index in [9.17, 15) is 19.5 Å². The van der Waals surface area contributed by atoms with Crippen LogP contribution in [0, 0.1) is 0 Å². The summed E-state index contributed by atoms with van der Waals surface area (Å²) in [6.45, 7) is 0. The summed E-state index contributed by atoms with van der Waals surface area (Å²) in [5, 5.41) is 12.8. The summed E-state index contributed by atoms with van der Waals surface area (Å²) in [5.41, 5.74) is 1.31. The van der Waals surface area contributed by atoms with E-state index < -0.39 is 17.7 Å². The molecule has 3 amide bonds. The summed E-state index contributed by atoms with van der Waals surface area (Å²) >= 11 is 5.89. The van der Waals surface area contributed by atoms with Crippen LogP contribution in [0.15, 0.2) is 66.7 Å². The number of phenols is 1. The summed E-state index contributed by atoms with van der Waals surface area (Å²) in [6.07, 6.45) is 0. The van der Waals surface area contributed by atoms with Gasteiger partial charge in [-0.2, -0.15) is 0 Å². The number of amides is 3. The zero-order valence-electron chi connectivity index (χ0n) is 14.3. The molecule has 0 spiro atoms. The minimum absolute atomic E-state index is 0.130. The summed E-state index contributed by atoms with van der Waals surface area (Å²) in [5.74, 6) is -1.53. The van der Waals surface area contributed by atoms with Crippen molar-refractivity contribution in [3.63, 3.8) is 0 Å². The topological polar surface area (TPSA) is 86.7 Å². The summed E-state index contributed by atoms with van der Waals surface area (Å²) in [4.78, 5) is 38.8. The van der Waals surface area contributed by atoms with Gasteiger partial charge in [-0.1, -0.05) is 29.8 Å². The molecule has 1 aliphatic rings. The van der Waals surface area contributed by atoms with Crippen molar-refractivity contribution >= 4 is 40.7 Å². The summed E-state index contributed by atoms with van der Waals surface area (Å²) in [7, 11) is 0. The van der Waals surface area contributed by atoms with Crippen LogP contribution in [-0.4, -0.2) is 22.8 Å². The number of anilines is 2. The Balaban J connectivity index is 1.64. The molecule has 7 heteroatoms. The molecule has 138 valence electrons. The Labute approximate surface area is 165 Å². The standard InChI is InChI=1S/C21H13ClN2O4/c22-13-8-9-18(25)17(11-13)23-19(26)12-4-3-5-14(10-12)24-20(27)15-6-1-2-7-16(15)21(24)28/h1-11,25H,(H,23,26). The third kappa shape index (κ3) is 3.00. The Kier molecular flexibility index (Phi) is 4.33. The molecule has 28 heavy (non-hydrogen) atoms. The molecular weight excluding hydrogens is 380 g/mol. The van der Waals surface area contributed by atoms with E-state index in [1.165, 1.54) is 24.3 Å². The lowest BCUT2D eigenvalue weighted by molar-refractivity contribution is 0.0924. The number of benzene rings is 3. The SMILES string of the molecule is O=C(Nc1cc(Cl)ccc1O)c1cccc(N2C(=O)c3ccccc3C2=O)c1. The molecule has 2 N–H and O–H groups in total. The maximum Gasteiger partial charge on any atom is 0.266 e. The first-order chi connectivity index (χ1) is 13.5. The maximum atomic E-state index is 12.6. The number of nitrogens with zero attached hydrogens (tertiary/aromatic N) is 1. The van der Waals surface area contributed by atoms with Crippen LogP contribution >= 0.6 is 11.6 Å². The van der Waals surface area contributed by atoms with Gasteiger partial charge in [0.25, 0.3) is 17.7 Å². The molecular formula is C21H13ClN2O4. The van der Waals surface area contributed by atoms with Gasteiger partial charge in [0.15, 0.2) is 0 Å². The lowest BCUT2D eigenvalue weighted by atomic mass is 10.1. The van der Waals surface area contributed by atoms with Crippen molar-refractivity contribution in [2.24, 2.45) is 0 Å². The minimum atomic E-state index is -0.518. The molecule has 0 aliphatic carbocycles. The van der Waals surface area contributed by atoms with Crippen molar-refractivity contribution in [3.8, 4) is 5.75 Å². The fourth-order valence-electron chi connectivity index (χ4n) is 3.01. The molecule has 3 aromatic carbocycles. The maximum absolute atomic E-state index is 12.6. The number of hydrogen-bond acceptors (Lipinski definition) is 4. The zero-order chi connectivity index (χ0) is 19.8. The van der Waals surface area contributed by atoms with Crippen LogP contribution < -0.4 is 10.2 Å². The average Bonchev–Trinajstić information content (AvgIpc) is 2.95. The molecule has 0 bridgehead atoms. The monoisotopic (exact) mass is 392 g/mol. The zero-order valence-corrected chi connectivity index (χ0v) is 15.1. The van der Waals surface area contributed by atoms with E-state index in [0.717, 1.165) is 4.90 Å². The molecule has 1 heterocycles.